The van der Waals surface area contributed by atoms with E-state index in [4.69, 9.17) is 10.5 Å². The first kappa shape index (κ1) is 12.9. The molecular formula is C14H20N2O2. The van der Waals surface area contributed by atoms with Crippen LogP contribution in [-0.2, 0) is 4.79 Å². The number of amides is 1. The number of nitrogens with zero attached hydrogens (tertiary/aromatic N) is 1. The number of likely N-dealkylation sites (N-methyl/N-ethyl adjacent to an activating group) is 1. The van der Waals surface area contributed by atoms with Gasteiger partial charge >= 0.3 is 0 Å². The van der Waals surface area contributed by atoms with Crippen LogP contribution in [0.1, 0.15) is 31.4 Å². The number of carbonyl (C=O) groups excluding carboxylic acids is 1. The Morgan fingerprint density at radius 1 is 1.39 bits per heavy atom. The molecule has 1 aromatic carbocycles. The SMILES string of the molecule is CCN1C(=O)CCC(N)C1c1ccc(OC)cc1. The van der Waals surface area contributed by atoms with Crippen LogP contribution in [0.15, 0.2) is 24.3 Å². The van der Waals surface area contributed by atoms with Crippen LogP contribution in [0, 0.1) is 0 Å². The molecule has 0 saturated carbocycles. The molecule has 1 heterocycles. The number of ether oxygens (including phenoxy) is 1. The van der Waals surface area contributed by atoms with E-state index in [9.17, 15) is 4.79 Å². The monoisotopic (exact) mass is 248 g/mol. The maximum absolute atomic E-state index is 11.9. The van der Waals surface area contributed by atoms with E-state index in [0.29, 0.717) is 13.0 Å². The first-order valence-electron chi connectivity index (χ1n) is 6.36. The lowest BCUT2D eigenvalue weighted by molar-refractivity contribution is -0.137. The quantitative estimate of drug-likeness (QED) is 0.886. The minimum absolute atomic E-state index is 0.0102. The highest BCUT2D eigenvalue weighted by Gasteiger charge is 2.33. The Bertz CT molecular complexity index is 416. The summed E-state index contributed by atoms with van der Waals surface area (Å²) in [5.41, 5.74) is 7.27. The third kappa shape index (κ3) is 2.34. The van der Waals surface area contributed by atoms with Gasteiger partial charge in [-0.2, -0.15) is 0 Å². The van der Waals surface area contributed by atoms with Crippen molar-refractivity contribution in [2.75, 3.05) is 13.7 Å². The topological polar surface area (TPSA) is 55.6 Å². The highest BCUT2D eigenvalue weighted by molar-refractivity contribution is 5.77. The second kappa shape index (κ2) is 5.40. The molecule has 1 aromatic rings. The Morgan fingerprint density at radius 2 is 2.06 bits per heavy atom. The van der Waals surface area contributed by atoms with Crippen LogP contribution in [-0.4, -0.2) is 30.5 Å². The van der Waals surface area contributed by atoms with Crippen LogP contribution in [0.3, 0.4) is 0 Å². The zero-order valence-electron chi connectivity index (χ0n) is 10.9. The summed E-state index contributed by atoms with van der Waals surface area (Å²) >= 11 is 0. The predicted octanol–water partition coefficient (Wildman–Crippen LogP) is 1.71. The van der Waals surface area contributed by atoms with Crippen molar-refractivity contribution in [2.24, 2.45) is 5.73 Å². The summed E-state index contributed by atoms with van der Waals surface area (Å²) in [5, 5.41) is 0. The molecule has 1 fully saturated rings. The average Bonchev–Trinajstić information content (AvgIpc) is 2.41. The maximum atomic E-state index is 11.9. The van der Waals surface area contributed by atoms with Crippen molar-refractivity contribution in [3.05, 3.63) is 29.8 Å². The Labute approximate surface area is 108 Å². The standard InChI is InChI=1S/C14H20N2O2/c1-3-16-13(17)9-8-12(15)14(16)10-4-6-11(18-2)7-5-10/h4-7,12,14H,3,8-9,15H2,1-2H3. The van der Waals surface area contributed by atoms with Crippen molar-refractivity contribution >= 4 is 5.91 Å². The van der Waals surface area contributed by atoms with Crippen LogP contribution in [0.25, 0.3) is 0 Å². The lowest BCUT2D eigenvalue weighted by Gasteiger charge is -2.39. The number of carbonyl (C=O) groups is 1. The molecule has 18 heavy (non-hydrogen) atoms. The van der Waals surface area contributed by atoms with Gasteiger partial charge in [-0.15, -0.1) is 0 Å². The van der Waals surface area contributed by atoms with Gasteiger partial charge in [0.05, 0.1) is 13.2 Å². The minimum Gasteiger partial charge on any atom is -0.497 e. The van der Waals surface area contributed by atoms with E-state index < -0.39 is 0 Å². The Balaban J connectivity index is 2.29. The largest absolute Gasteiger partial charge is 0.497 e. The molecule has 2 unspecified atom stereocenters. The number of methoxy groups -OCH3 is 1. The number of rotatable bonds is 3. The van der Waals surface area contributed by atoms with Gasteiger partial charge in [0.15, 0.2) is 0 Å². The van der Waals surface area contributed by atoms with Gasteiger partial charge in [-0.05, 0) is 31.0 Å². The summed E-state index contributed by atoms with van der Waals surface area (Å²) < 4.78 is 5.15. The van der Waals surface area contributed by atoms with Crippen molar-refractivity contribution in [1.82, 2.24) is 4.90 Å². The number of hydrogen-bond acceptors (Lipinski definition) is 3. The van der Waals surface area contributed by atoms with Gasteiger partial charge in [0.1, 0.15) is 5.75 Å². The molecule has 2 atom stereocenters. The lowest BCUT2D eigenvalue weighted by Crippen LogP contribution is -2.48. The molecule has 98 valence electrons. The molecule has 0 radical (unpaired) electrons. The summed E-state index contributed by atoms with van der Waals surface area (Å²) in [5.74, 6) is 1.01. The van der Waals surface area contributed by atoms with Gasteiger partial charge < -0.3 is 15.4 Å². The predicted molar refractivity (Wildman–Crippen MR) is 70.3 cm³/mol. The van der Waals surface area contributed by atoms with E-state index in [1.54, 1.807) is 7.11 Å². The van der Waals surface area contributed by atoms with Crippen molar-refractivity contribution in [3.63, 3.8) is 0 Å². The number of hydrogen-bond donors (Lipinski definition) is 1. The van der Waals surface area contributed by atoms with Gasteiger partial charge in [0.2, 0.25) is 5.91 Å². The molecule has 0 bridgehead atoms. The van der Waals surface area contributed by atoms with Crippen LogP contribution >= 0.6 is 0 Å². The summed E-state index contributed by atoms with van der Waals surface area (Å²) in [6, 6.07) is 7.80. The normalized spacial score (nSPS) is 24.2. The molecule has 1 aliphatic rings. The van der Waals surface area contributed by atoms with E-state index in [1.165, 1.54) is 0 Å². The smallest absolute Gasteiger partial charge is 0.223 e. The van der Waals surface area contributed by atoms with Crippen molar-refractivity contribution in [1.29, 1.82) is 0 Å². The molecule has 2 rings (SSSR count). The number of likely N-dealkylation sites (tertiary alicyclic amines) is 1. The molecule has 0 aromatic heterocycles. The van der Waals surface area contributed by atoms with Crippen molar-refractivity contribution in [2.45, 2.75) is 31.8 Å². The number of benzene rings is 1. The first-order chi connectivity index (χ1) is 8.67. The van der Waals surface area contributed by atoms with Gasteiger partial charge in [-0.25, -0.2) is 0 Å². The zero-order valence-corrected chi connectivity index (χ0v) is 10.9. The molecular weight excluding hydrogens is 228 g/mol. The molecule has 1 amide bonds. The third-order valence-corrected chi connectivity index (χ3v) is 3.55. The lowest BCUT2D eigenvalue weighted by atomic mass is 9.90. The van der Waals surface area contributed by atoms with E-state index in [-0.39, 0.29) is 18.0 Å². The molecule has 2 N–H and O–H groups in total. The molecule has 0 aliphatic carbocycles. The average molecular weight is 248 g/mol. The minimum atomic E-state index is -0.0119. The molecule has 1 saturated heterocycles. The Kier molecular flexibility index (Phi) is 3.87. The second-order valence-electron chi connectivity index (χ2n) is 4.60. The van der Waals surface area contributed by atoms with E-state index in [2.05, 4.69) is 0 Å². The fraction of sp³-hybridized carbons (Fsp3) is 0.500. The highest BCUT2D eigenvalue weighted by atomic mass is 16.5. The Hall–Kier alpha value is -1.55. The maximum Gasteiger partial charge on any atom is 0.223 e. The van der Waals surface area contributed by atoms with Crippen molar-refractivity contribution in [3.8, 4) is 5.75 Å². The Morgan fingerprint density at radius 3 is 2.61 bits per heavy atom. The summed E-state index contributed by atoms with van der Waals surface area (Å²) in [4.78, 5) is 13.8. The molecule has 1 aliphatic heterocycles. The van der Waals surface area contributed by atoms with E-state index in [1.807, 2.05) is 36.1 Å². The zero-order chi connectivity index (χ0) is 13.1. The summed E-state index contributed by atoms with van der Waals surface area (Å²) in [6.07, 6.45) is 1.31. The fourth-order valence-corrected chi connectivity index (χ4v) is 2.58. The number of nitrogens with two attached hydrogens (primary N) is 1. The van der Waals surface area contributed by atoms with Gasteiger partial charge in [-0.1, -0.05) is 12.1 Å². The second-order valence-corrected chi connectivity index (χ2v) is 4.60. The van der Waals surface area contributed by atoms with Crippen LogP contribution in [0.5, 0.6) is 5.75 Å². The van der Waals surface area contributed by atoms with E-state index >= 15 is 0 Å². The van der Waals surface area contributed by atoms with Crippen LogP contribution in [0.4, 0.5) is 0 Å². The fourth-order valence-electron chi connectivity index (χ4n) is 2.58. The van der Waals surface area contributed by atoms with Crippen LogP contribution < -0.4 is 10.5 Å². The third-order valence-electron chi connectivity index (χ3n) is 3.55. The summed E-state index contributed by atoms with van der Waals surface area (Å²) in [6.45, 7) is 2.69. The highest BCUT2D eigenvalue weighted by Crippen LogP contribution is 2.31. The van der Waals surface area contributed by atoms with Gasteiger partial charge in [-0.3, -0.25) is 4.79 Å². The van der Waals surface area contributed by atoms with Crippen molar-refractivity contribution < 1.29 is 9.53 Å². The molecule has 4 heteroatoms. The van der Waals surface area contributed by atoms with Gasteiger partial charge in [0, 0.05) is 19.0 Å². The summed E-state index contributed by atoms with van der Waals surface area (Å²) in [7, 11) is 1.64. The van der Waals surface area contributed by atoms with Gasteiger partial charge in [0.25, 0.3) is 0 Å². The first-order valence-corrected chi connectivity index (χ1v) is 6.36. The molecule has 0 spiro atoms. The molecule has 4 nitrogen and oxygen atoms in total. The van der Waals surface area contributed by atoms with E-state index in [0.717, 1.165) is 17.7 Å². The number of piperidine rings is 1. The van der Waals surface area contributed by atoms with Crippen LogP contribution in [0.2, 0.25) is 0 Å².